The summed E-state index contributed by atoms with van der Waals surface area (Å²) in [6.45, 7) is 1.69. The average Bonchev–Trinajstić information content (AvgIpc) is 3.12. The number of ether oxygens (including phenoxy) is 1. The van der Waals surface area contributed by atoms with Crippen LogP contribution < -0.4 is 4.74 Å². The largest absolute Gasteiger partial charge is 0.481 e. The Balaban J connectivity index is 1.72. The van der Waals surface area contributed by atoms with Crippen LogP contribution in [0.3, 0.4) is 0 Å². The molecule has 132 valence electrons. The Labute approximate surface area is 146 Å². The first kappa shape index (κ1) is 17.0. The summed E-state index contributed by atoms with van der Waals surface area (Å²) in [5.74, 6) is 0.823. The van der Waals surface area contributed by atoms with Crippen LogP contribution in [-0.4, -0.2) is 20.0 Å². The van der Waals surface area contributed by atoms with Gasteiger partial charge >= 0.3 is 0 Å². The van der Waals surface area contributed by atoms with Crippen LogP contribution in [0.1, 0.15) is 18.9 Å². The van der Waals surface area contributed by atoms with Crippen molar-refractivity contribution in [3.63, 3.8) is 0 Å². The number of hydrogen-bond acceptors (Lipinski definition) is 8. The highest BCUT2D eigenvalue weighted by Gasteiger charge is 2.17. The van der Waals surface area contributed by atoms with Gasteiger partial charge in [-0.25, -0.2) is 0 Å². The van der Waals surface area contributed by atoms with Crippen LogP contribution in [0.2, 0.25) is 0 Å². The molecule has 10 nitrogen and oxygen atoms in total. The van der Waals surface area contributed by atoms with Crippen LogP contribution in [0.25, 0.3) is 11.5 Å². The third-order valence-electron chi connectivity index (χ3n) is 3.47. The minimum atomic E-state index is -0.587. The monoisotopic (exact) mass is 356 g/mol. The fourth-order valence-electron chi connectivity index (χ4n) is 2.14. The van der Waals surface area contributed by atoms with Crippen LogP contribution in [0.5, 0.6) is 5.75 Å². The molecule has 0 saturated carbocycles. The summed E-state index contributed by atoms with van der Waals surface area (Å²) in [5, 5.41) is 29.1. The molecule has 0 radical (unpaired) electrons. The Bertz CT molecular complexity index is 936. The molecule has 10 heteroatoms. The van der Waals surface area contributed by atoms with E-state index in [1.807, 2.05) is 0 Å². The quantitative estimate of drug-likeness (QED) is 0.482. The molecule has 0 aliphatic rings. The van der Waals surface area contributed by atoms with Gasteiger partial charge in [-0.15, -0.1) is 10.2 Å². The normalized spacial score (nSPS) is 11.7. The van der Waals surface area contributed by atoms with E-state index in [4.69, 9.17) is 9.15 Å². The summed E-state index contributed by atoms with van der Waals surface area (Å²) in [4.78, 5) is 20.3. The molecule has 1 aromatic heterocycles. The fourth-order valence-corrected chi connectivity index (χ4v) is 2.14. The van der Waals surface area contributed by atoms with Gasteiger partial charge in [0, 0.05) is 29.8 Å². The number of nitro benzene ring substituents is 2. The lowest BCUT2D eigenvalue weighted by molar-refractivity contribution is -0.385. The molecular formula is C16H12N4O6. The smallest absolute Gasteiger partial charge is 0.269 e. The van der Waals surface area contributed by atoms with E-state index in [2.05, 4.69) is 10.2 Å². The molecule has 26 heavy (non-hydrogen) atoms. The molecule has 3 rings (SSSR count). The van der Waals surface area contributed by atoms with Crippen molar-refractivity contribution in [1.29, 1.82) is 0 Å². The zero-order valence-corrected chi connectivity index (χ0v) is 13.4. The van der Waals surface area contributed by atoms with Gasteiger partial charge in [0.2, 0.25) is 5.89 Å². The number of hydrogen-bond donors (Lipinski definition) is 0. The summed E-state index contributed by atoms with van der Waals surface area (Å²) >= 11 is 0. The Hall–Kier alpha value is -3.82. The van der Waals surface area contributed by atoms with E-state index in [9.17, 15) is 20.2 Å². The summed E-state index contributed by atoms with van der Waals surface area (Å²) in [6, 6.07) is 11.3. The predicted octanol–water partition coefficient (Wildman–Crippen LogP) is 3.69. The van der Waals surface area contributed by atoms with Crippen molar-refractivity contribution in [2.24, 2.45) is 0 Å². The van der Waals surface area contributed by atoms with Gasteiger partial charge in [-0.1, -0.05) is 0 Å². The Morgan fingerprint density at radius 2 is 1.46 bits per heavy atom. The molecule has 3 aromatic rings. The highest BCUT2D eigenvalue weighted by Crippen LogP contribution is 2.26. The van der Waals surface area contributed by atoms with Crippen molar-refractivity contribution in [2.45, 2.75) is 13.0 Å². The van der Waals surface area contributed by atoms with E-state index in [0.717, 1.165) is 0 Å². The first-order valence-electron chi connectivity index (χ1n) is 7.43. The molecule has 1 heterocycles. The van der Waals surface area contributed by atoms with Crippen molar-refractivity contribution in [3.8, 4) is 17.2 Å². The van der Waals surface area contributed by atoms with Gasteiger partial charge < -0.3 is 9.15 Å². The summed E-state index contributed by atoms with van der Waals surface area (Å²) in [5.41, 5.74) is 0.462. The van der Waals surface area contributed by atoms with Gasteiger partial charge in [0.1, 0.15) is 5.75 Å². The molecule has 0 fully saturated rings. The van der Waals surface area contributed by atoms with E-state index in [0.29, 0.717) is 11.3 Å². The maximum absolute atomic E-state index is 10.7. The molecule has 0 spiro atoms. The second-order valence-corrected chi connectivity index (χ2v) is 5.26. The molecule has 0 N–H and O–H groups in total. The van der Waals surface area contributed by atoms with Gasteiger partial charge in [-0.2, -0.15) is 0 Å². The van der Waals surface area contributed by atoms with Crippen LogP contribution in [0.15, 0.2) is 52.9 Å². The topological polar surface area (TPSA) is 134 Å². The Kier molecular flexibility index (Phi) is 4.56. The Morgan fingerprint density at radius 1 is 0.923 bits per heavy atom. The molecule has 0 aliphatic carbocycles. The highest BCUT2D eigenvalue weighted by atomic mass is 16.6. The zero-order valence-electron chi connectivity index (χ0n) is 13.4. The number of nitro groups is 2. The molecule has 0 amide bonds. The van der Waals surface area contributed by atoms with Crippen molar-refractivity contribution >= 4 is 11.4 Å². The predicted molar refractivity (Wildman–Crippen MR) is 88.5 cm³/mol. The van der Waals surface area contributed by atoms with Crippen LogP contribution >= 0.6 is 0 Å². The number of non-ortho nitro benzene ring substituents is 2. The number of rotatable bonds is 6. The molecule has 0 bridgehead atoms. The summed E-state index contributed by atoms with van der Waals surface area (Å²) in [6.07, 6.45) is -0.587. The van der Waals surface area contributed by atoms with Crippen molar-refractivity contribution in [1.82, 2.24) is 10.2 Å². The SMILES string of the molecule is C[C@H](Oc1ccc([N+](=O)[O-])cc1)c1nnc(-c2ccc([N+](=O)[O-])cc2)o1. The maximum Gasteiger partial charge on any atom is 0.269 e. The van der Waals surface area contributed by atoms with E-state index < -0.39 is 16.0 Å². The van der Waals surface area contributed by atoms with Gasteiger partial charge in [0.15, 0.2) is 6.10 Å². The minimum absolute atomic E-state index is 0.0386. The van der Waals surface area contributed by atoms with Gasteiger partial charge in [0.25, 0.3) is 17.3 Å². The highest BCUT2D eigenvalue weighted by molar-refractivity contribution is 5.55. The molecule has 0 unspecified atom stereocenters. The number of nitrogens with zero attached hydrogens (tertiary/aromatic N) is 4. The van der Waals surface area contributed by atoms with E-state index in [1.54, 1.807) is 6.92 Å². The lowest BCUT2D eigenvalue weighted by Crippen LogP contribution is -2.03. The van der Waals surface area contributed by atoms with Gasteiger partial charge in [-0.05, 0) is 31.2 Å². The van der Waals surface area contributed by atoms with Gasteiger partial charge in [-0.3, -0.25) is 20.2 Å². The zero-order chi connectivity index (χ0) is 18.7. The fraction of sp³-hybridized carbons (Fsp3) is 0.125. The van der Waals surface area contributed by atoms with Crippen molar-refractivity contribution in [3.05, 3.63) is 74.7 Å². The first-order chi connectivity index (χ1) is 12.4. The van der Waals surface area contributed by atoms with E-state index in [1.165, 1.54) is 48.5 Å². The second-order valence-electron chi connectivity index (χ2n) is 5.26. The third kappa shape index (κ3) is 3.64. The third-order valence-corrected chi connectivity index (χ3v) is 3.47. The van der Waals surface area contributed by atoms with Crippen LogP contribution in [-0.2, 0) is 0 Å². The van der Waals surface area contributed by atoms with Crippen LogP contribution in [0.4, 0.5) is 11.4 Å². The summed E-state index contributed by atoms with van der Waals surface area (Å²) in [7, 11) is 0. The van der Waals surface area contributed by atoms with E-state index >= 15 is 0 Å². The summed E-state index contributed by atoms with van der Waals surface area (Å²) < 4.78 is 11.2. The standard InChI is InChI=1S/C16H12N4O6/c1-10(25-14-8-6-13(7-9-14)20(23)24)15-17-18-16(26-15)11-2-4-12(5-3-11)19(21)22/h2-10H,1H3/t10-/m0/s1. The molecule has 0 aliphatic heterocycles. The lowest BCUT2D eigenvalue weighted by atomic mass is 10.2. The molecular weight excluding hydrogens is 344 g/mol. The van der Waals surface area contributed by atoms with E-state index in [-0.39, 0.29) is 23.2 Å². The lowest BCUT2D eigenvalue weighted by Gasteiger charge is -2.10. The maximum atomic E-state index is 10.7. The van der Waals surface area contributed by atoms with Crippen molar-refractivity contribution < 1.29 is 19.0 Å². The molecule has 0 saturated heterocycles. The van der Waals surface area contributed by atoms with Crippen LogP contribution in [0, 0.1) is 20.2 Å². The second kappa shape index (κ2) is 6.97. The minimum Gasteiger partial charge on any atom is -0.481 e. The molecule has 2 aromatic carbocycles. The van der Waals surface area contributed by atoms with Crippen molar-refractivity contribution in [2.75, 3.05) is 0 Å². The number of benzene rings is 2. The number of aromatic nitrogens is 2. The average molecular weight is 356 g/mol. The van der Waals surface area contributed by atoms with Gasteiger partial charge in [0.05, 0.1) is 9.85 Å². The Morgan fingerprint density at radius 3 is 2.00 bits per heavy atom. The molecule has 1 atom stereocenters. The first-order valence-corrected chi connectivity index (χ1v) is 7.43.